The molecule has 2 saturated heterocycles. The molecule has 7 heteroatoms. The van der Waals surface area contributed by atoms with Gasteiger partial charge in [0.25, 0.3) is 0 Å². The average molecular weight is 421 g/mol. The van der Waals surface area contributed by atoms with Crippen molar-refractivity contribution in [3.05, 3.63) is 40.9 Å². The first-order valence-electron chi connectivity index (χ1n) is 8.85. The minimum atomic E-state index is 0. The zero-order valence-electron chi connectivity index (χ0n) is 14.9. The molecule has 0 unspecified atom stereocenters. The lowest BCUT2D eigenvalue weighted by Crippen LogP contribution is -2.49. The van der Waals surface area contributed by atoms with Crippen molar-refractivity contribution in [3.8, 4) is 0 Å². The number of carbonyl (C=O) groups excluding carboxylic acids is 1. The molecule has 0 aliphatic carbocycles. The van der Waals surface area contributed by atoms with E-state index in [1.54, 1.807) is 0 Å². The number of nitrogens with one attached hydrogen (secondary N) is 1. The van der Waals surface area contributed by atoms with E-state index in [9.17, 15) is 4.79 Å². The number of benzene rings is 1. The van der Waals surface area contributed by atoms with E-state index in [4.69, 9.17) is 11.6 Å². The van der Waals surface area contributed by atoms with Crippen LogP contribution in [-0.4, -0.2) is 61.5 Å². The van der Waals surface area contributed by atoms with Crippen LogP contribution in [0.4, 0.5) is 0 Å². The van der Waals surface area contributed by atoms with Gasteiger partial charge in [0.15, 0.2) is 0 Å². The molecule has 1 aromatic rings. The molecule has 0 atom stereocenters. The molecule has 3 rings (SSSR count). The summed E-state index contributed by atoms with van der Waals surface area (Å²) in [4.78, 5) is 16.7. The molecule has 2 aliphatic rings. The van der Waals surface area contributed by atoms with Gasteiger partial charge in [0.05, 0.1) is 6.54 Å². The van der Waals surface area contributed by atoms with Crippen LogP contribution in [0, 0.1) is 5.92 Å². The molecule has 0 bridgehead atoms. The first-order chi connectivity index (χ1) is 11.7. The van der Waals surface area contributed by atoms with Crippen molar-refractivity contribution in [2.75, 3.05) is 45.8 Å². The fraction of sp³-hybridized carbons (Fsp3) is 0.526. The van der Waals surface area contributed by atoms with Crippen LogP contribution in [-0.2, 0) is 4.79 Å². The summed E-state index contributed by atoms with van der Waals surface area (Å²) in [5.74, 6) is 0.835. The molecular weight excluding hydrogens is 393 g/mol. The molecule has 1 N–H and O–H groups in total. The summed E-state index contributed by atoms with van der Waals surface area (Å²) in [6.07, 6.45) is 6.51. The van der Waals surface area contributed by atoms with Crippen molar-refractivity contribution >= 4 is 48.4 Å². The molecule has 0 radical (unpaired) electrons. The highest BCUT2D eigenvalue weighted by molar-refractivity contribution is 6.30. The average Bonchev–Trinajstić information content (AvgIpc) is 2.61. The van der Waals surface area contributed by atoms with Crippen LogP contribution < -0.4 is 5.32 Å². The Hall–Kier alpha value is -0.780. The van der Waals surface area contributed by atoms with Gasteiger partial charge in [-0.1, -0.05) is 35.9 Å². The Balaban J connectivity index is 0.00000169. The molecule has 2 fully saturated rings. The second kappa shape index (κ2) is 11.8. The van der Waals surface area contributed by atoms with Gasteiger partial charge in [-0.25, -0.2) is 0 Å². The Morgan fingerprint density at radius 1 is 1.15 bits per heavy atom. The smallest absolute Gasteiger partial charge is 0.236 e. The highest BCUT2D eigenvalue weighted by atomic mass is 35.5. The van der Waals surface area contributed by atoms with Gasteiger partial charge in [-0.15, -0.1) is 24.8 Å². The molecule has 2 heterocycles. The second-order valence-corrected chi connectivity index (χ2v) is 7.09. The lowest BCUT2D eigenvalue weighted by molar-refractivity contribution is -0.133. The number of halogens is 3. The van der Waals surface area contributed by atoms with Crippen molar-refractivity contribution in [3.63, 3.8) is 0 Å². The molecule has 2 aliphatic heterocycles. The summed E-state index contributed by atoms with van der Waals surface area (Å²) in [7, 11) is 0. The summed E-state index contributed by atoms with van der Waals surface area (Å²) >= 11 is 6.01. The van der Waals surface area contributed by atoms with Crippen LogP contribution in [0.3, 0.4) is 0 Å². The maximum absolute atomic E-state index is 12.4. The summed E-state index contributed by atoms with van der Waals surface area (Å²) < 4.78 is 0. The number of carbonyl (C=O) groups is 1. The van der Waals surface area contributed by atoms with Crippen molar-refractivity contribution in [2.24, 2.45) is 5.92 Å². The van der Waals surface area contributed by atoms with Crippen molar-refractivity contribution in [1.82, 2.24) is 15.1 Å². The highest BCUT2D eigenvalue weighted by Gasteiger charge is 2.23. The van der Waals surface area contributed by atoms with Gasteiger partial charge in [0, 0.05) is 44.3 Å². The molecule has 4 nitrogen and oxygen atoms in total. The van der Waals surface area contributed by atoms with E-state index in [1.807, 2.05) is 23.1 Å². The van der Waals surface area contributed by atoms with Crippen LogP contribution in [0.25, 0.3) is 6.08 Å². The zero-order chi connectivity index (χ0) is 16.8. The fourth-order valence-electron chi connectivity index (χ4n) is 3.36. The summed E-state index contributed by atoms with van der Waals surface area (Å²) in [6.45, 7) is 6.25. The molecule has 0 spiro atoms. The van der Waals surface area contributed by atoms with Gasteiger partial charge in [-0.2, -0.15) is 0 Å². The summed E-state index contributed by atoms with van der Waals surface area (Å²) in [5.41, 5.74) is 1.14. The van der Waals surface area contributed by atoms with Crippen molar-refractivity contribution in [2.45, 2.75) is 12.8 Å². The third-order valence-corrected chi connectivity index (χ3v) is 5.11. The predicted octanol–water partition coefficient (Wildman–Crippen LogP) is 3.34. The Bertz CT molecular complexity index is 583. The fourth-order valence-corrected chi connectivity index (χ4v) is 3.56. The second-order valence-electron chi connectivity index (χ2n) is 6.66. The number of rotatable bonds is 4. The Labute approximate surface area is 173 Å². The van der Waals surface area contributed by atoms with Gasteiger partial charge < -0.3 is 10.2 Å². The van der Waals surface area contributed by atoms with E-state index in [1.165, 1.54) is 0 Å². The third kappa shape index (κ3) is 7.09. The van der Waals surface area contributed by atoms with Gasteiger partial charge >= 0.3 is 0 Å². The number of piperazine rings is 1. The number of hydrogen-bond donors (Lipinski definition) is 1. The minimum absolute atomic E-state index is 0. The number of nitrogens with zero attached hydrogens (tertiary/aromatic N) is 2. The van der Waals surface area contributed by atoms with Gasteiger partial charge in [-0.05, 0) is 36.5 Å². The molecule has 1 aromatic carbocycles. The number of likely N-dealkylation sites (tertiary alicyclic amines) is 1. The van der Waals surface area contributed by atoms with Crippen LogP contribution in [0.2, 0.25) is 5.02 Å². The van der Waals surface area contributed by atoms with Crippen LogP contribution >= 0.6 is 36.4 Å². The van der Waals surface area contributed by atoms with E-state index in [2.05, 4.69) is 28.4 Å². The quantitative estimate of drug-likeness (QED) is 0.811. The largest absolute Gasteiger partial charge is 0.342 e. The summed E-state index contributed by atoms with van der Waals surface area (Å²) in [5, 5.41) is 4.09. The van der Waals surface area contributed by atoms with Gasteiger partial charge in [-0.3, -0.25) is 9.69 Å². The topological polar surface area (TPSA) is 35.6 Å². The number of allylic oxidation sites excluding steroid dienone is 1. The lowest BCUT2D eigenvalue weighted by Gasteiger charge is -2.33. The van der Waals surface area contributed by atoms with Crippen LogP contribution in [0.5, 0.6) is 0 Å². The van der Waals surface area contributed by atoms with Crippen molar-refractivity contribution < 1.29 is 4.79 Å². The predicted molar refractivity (Wildman–Crippen MR) is 114 cm³/mol. The standard InChI is InChI=1S/C19H26ClN3O.2ClH/c20-18-3-1-2-17(14-18)5-4-16-6-10-23(11-7-16)19(24)15-22-12-8-21-9-13-22;;/h1-5,14,16,21H,6-13,15H2;2*1H/b5-4+;;. The Morgan fingerprint density at radius 2 is 1.85 bits per heavy atom. The third-order valence-electron chi connectivity index (χ3n) is 4.87. The Kier molecular flexibility index (Phi) is 10.6. The van der Waals surface area contributed by atoms with Crippen molar-refractivity contribution in [1.29, 1.82) is 0 Å². The van der Waals surface area contributed by atoms with E-state index in [0.717, 1.165) is 62.7 Å². The number of hydrogen-bond acceptors (Lipinski definition) is 3. The number of amides is 1. The first-order valence-corrected chi connectivity index (χ1v) is 9.23. The number of piperidine rings is 1. The normalized spacial score (nSPS) is 19.0. The van der Waals surface area contributed by atoms with E-state index in [-0.39, 0.29) is 30.7 Å². The van der Waals surface area contributed by atoms with E-state index >= 15 is 0 Å². The Morgan fingerprint density at radius 3 is 2.50 bits per heavy atom. The molecule has 146 valence electrons. The lowest BCUT2D eigenvalue weighted by atomic mass is 9.95. The van der Waals surface area contributed by atoms with Crippen LogP contribution in [0.15, 0.2) is 30.3 Å². The highest BCUT2D eigenvalue weighted by Crippen LogP contribution is 2.21. The maximum Gasteiger partial charge on any atom is 0.236 e. The van der Waals surface area contributed by atoms with E-state index in [0.29, 0.717) is 12.5 Å². The van der Waals surface area contributed by atoms with Gasteiger partial charge in [0.1, 0.15) is 0 Å². The first kappa shape index (κ1) is 23.3. The summed E-state index contributed by atoms with van der Waals surface area (Å²) in [6, 6.07) is 7.90. The monoisotopic (exact) mass is 419 g/mol. The maximum atomic E-state index is 12.4. The zero-order valence-corrected chi connectivity index (χ0v) is 17.3. The van der Waals surface area contributed by atoms with Crippen LogP contribution in [0.1, 0.15) is 18.4 Å². The SMILES string of the molecule is Cl.Cl.O=C(CN1CCNCC1)N1CCC(/C=C/c2cccc(Cl)c2)CC1. The molecule has 1 amide bonds. The minimum Gasteiger partial charge on any atom is -0.342 e. The van der Waals surface area contributed by atoms with E-state index < -0.39 is 0 Å². The van der Waals surface area contributed by atoms with Gasteiger partial charge in [0.2, 0.25) is 5.91 Å². The molecule has 0 saturated carbocycles. The molecular formula is C19H28Cl3N3O. The molecule has 26 heavy (non-hydrogen) atoms. The molecule has 0 aromatic heterocycles.